The number of halogens is 3. The van der Waals surface area contributed by atoms with E-state index in [1.807, 2.05) is 24.3 Å². The number of nitrogens with zero attached hydrogens (tertiary/aromatic N) is 2. The molecule has 168 valence electrons. The second-order valence-corrected chi connectivity index (χ2v) is 9.35. The first-order valence-electron chi connectivity index (χ1n) is 10.7. The van der Waals surface area contributed by atoms with Gasteiger partial charge in [-0.15, -0.1) is 0 Å². The molecule has 0 atom stereocenters. The third-order valence-corrected chi connectivity index (χ3v) is 6.70. The lowest BCUT2D eigenvalue weighted by Gasteiger charge is -2.25. The van der Waals surface area contributed by atoms with E-state index in [2.05, 4.69) is 0 Å². The highest BCUT2D eigenvalue weighted by Crippen LogP contribution is 2.40. The van der Waals surface area contributed by atoms with E-state index in [4.69, 9.17) is 49.9 Å². The van der Waals surface area contributed by atoms with Crippen LogP contribution in [0.4, 0.5) is 5.69 Å². The minimum absolute atomic E-state index is 0.126. The van der Waals surface area contributed by atoms with Crippen LogP contribution < -0.4 is 5.73 Å². The molecule has 0 spiro atoms. The molecule has 1 fully saturated rings. The predicted octanol–water partition coefficient (Wildman–Crippen LogP) is 7.33. The Bertz CT molecular complexity index is 1360. The highest BCUT2D eigenvalue weighted by atomic mass is 35.5. The van der Waals surface area contributed by atoms with Gasteiger partial charge < -0.3 is 15.1 Å². The number of benzene rings is 2. The van der Waals surface area contributed by atoms with E-state index < -0.39 is 0 Å². The molecule has 2 N–H and O–H groups in total. The van der Waals surface area contributed by atoms with Crippen LogP contribution >= 0.6 is 34.8 Å². The van der Waals surface area contributed by atoms with Crippen molar-refractivity contribution in [2.45, 2.75) is 19.3 Å². The number of piperidine rings is 1. The van der Waals surface area contributed by atoms with Crippen molar-refractivity contribution < 1.29 is 9.21 Å². The Morgan fingerprint density at radius 1 is 0.909 bits per heavy atom. The summed E-state index contributed by atoms with van der Waals surface area (Å²) in [5, 5.41) is 2.17. The van der Waals surface area contributed by atoms with E-state index in [0.717, 1.165) is 30.4 Å². The SMILES string of the molecule is Nc1c(C(=O)N2CCCCC2)oc2nc(-c3ccc(Cl)cc3Cl)c(-c3ccc(Cl)cc3)cc12. The van der Waals surface area contributed by atoms with Gasteiger partial charge in [0.15, 0.2) is 0 Å². The number of hydrogen-bond acceptors (Lipinski definition) is 4. The zero-order valence-corrected chi connectivity index (χ0v) is 19.8. The smallest absolute Gasteiger partial charge is 0.291 e. The van der Waals surface area contributed by atoms with E-state index in [1.54, 1.807) is 29.2 Å². The van der Waals surface area contributed by atoms with Crippen molar-refractivity contribution in [2.24, 2.45) is 0 Å². The Morgan fingerprint density at radius 2 is 1.61 bits per heavy atom. The molecule has 3 heterocycles. The number of fused-ring (bicyclic) bond motifs is 1. The van der Waals surface area contributed by atoms with E-state index in [-0.39, 0.29) is 23.1 Å². The summed E-state index contributed by atoms with van der Waals surface area (Å²) < 4.78 is 5.93. The number of carbonyl (C=O) groups is 1. The van der Waals surface area contributed by atoms with Crippen molar-refractivity contribution in [1.82, 2.24) is 9.88 Å². The second kappa shape index (κ2) is 8.90. The van der Waals surface area contributed by atoms with Crippen molar-refractivity contribution in [3.63, 3.8) is 0 Å². The molecule has 0 unspecified atom stereocenters. The summed E-state index contributed by atoms with van der Waals surface area (Å²) in [6.07, 6.45) is 3.07. The van der Waals surface area contributed by atoms with Crippen LogP contribution in [-0.2, 0) is 0 Å². The first-order valence-corrected chi connectivity index (χ1v) is 11.8. The molecule has 0 radical (unpaired) electrons. The van der Waals surface area contributed by atoms with Gasteiger partial charge >= 0.3 is 0 Å². The molecule has 4 aromatic rings. The fourth-order valence-corrected chi connectivity index (χ4v) is 4.80. The molecule has 1 aliphatic rings. The van der Waals surface area contributed by atoms with Crippen LogP contribution in [0.5, 0.6) is 0 Å². The minimum Gasteiger partial charge on any atom is -0.430 e. The number of amides is 1. The summed E-state index contributed by atoms with van der Waals surface area (Å²) in [4.78, 5) is 19.7. The Labute approximate surface area is 206 Å². The van der Waals surface area contributed by atoms with Crippen molar-refractivity contribution in [2.75, 3.05) is 18.8 Å². The second-order valence-electron chi connectivity index (χ2n) is 8.07. The van der Waals surface area contributed by atoms with E-state index in [0.29, 0.717) is 44.8 Å². The summed E-state index contributed by atoms with van der Waals surface area (Å²) in [7, 11) is 0. The average Bonchev–Trinajstić information content (AvgIpc) is 3.14. The van der Waals surface area contributed by atoms with Gasteiger partial charge in [0.2, 0.25) is 11.5 Å². The number of likely N-dealkylation sites (tertiary alicyclic amines) is 1. The highest BCUT2D eigenvalue weighted by molar-refractivity contribution is 6.36. The summed E-state index contributed by atoms with van der Waals surface area (Å²) >= 11 is 18.7. The maximum absolute atomic E-state index is 13.1. The summed E-state index contributed by atoms with van der Waals surface area (Å²) in [6.45, 7) is 1.40. The van der Waals surface area contributed by atoms with E-state index >= 15 is 0 Å². The number of nitrogens with two attached hydrogens (primary N) is 1. The monoisotopic (exact) mass is 499 g/mol. The molecule has 8 heteroatoms. The predicted molar refractivity (Wildman–Crippen MR) is 134 cm³/mol. The molecule has 33 heavy (non-hydrogen) atoms. The Balaban J connectivity index is 1.71. The molecule has 5 nitrogen and oxygen atoms in total. The molecule has 0 bridgehead atoms. The highest BCUT2D eigenvalue weighted by Gasteiger charge is 2.27. The Hall–Kier alpha value is -2.73. The van der Waals surface area contributed by atoms with Gasteiger partial charge in [-0.3, -0.25) is 4.79 Å². The first-order chi connectivity index (χ1) is 15.9. The topological polar surface area (TPSA) is 72.4 Å². The molecule has 2 aromatic heterocycles. The number of rotatable bonds is 3. The largest absolute Gasteiger partial charge is 0.430 e. The number of nitrogen functional groups attached to an aromatic ring is 1. The van der Waals surface area contributed by atoms with Crippen molar-refractivity contribution >= 4 is 57.5 Å². The van der Waals surface area contributed by atoms with Crippen LogP contribution in [0.25, 0.3) is 33.5 Å². The van der Waals surface area contributed by atoms with Crippen LogP contribution in [-0.4, -0.2) is 28.9 Å². The molecule has 0 saturated carbocycles. The number of hydrogen-bond donors (Lipinski definition) is 1. The third-order valence-electron chi connectivity index (χ3n) is 5.90. The van der Waals surface area contributed by atoms with E-state index in [9.17, 15) is 4.79 Å². The average molecular weight is 501 g/mol. The van der Waals surface area contributed by atoms with Crippen LogP contribution in [0, 0.1) is 0 Å². The molecule has 0 aliphatic carbocycles. The number of aromatic nitrogens is 1. The molecular formula is C25H20Cl3N3O2. The standard InChI is InChI=1S/C25H20Cl3N3O2/c26-15-6-4-14(5-7-15)18-13-19-21(29)23(25(32)31-10-2-1-3-11-31)33-24(19)30-22(18)17-9-8-16(27)12-20(17)28/h4-9,12-13H,1-3,10-11,29H2. The lowest BCUT2D eigenvalue weighted by Crippen LogP contribution is -2.35. The zero-order valence-electron chi connectivity index (χ0n) is 17.6. The first kappa shape index (κ1) is 22.1. The summed E-state index contributed by atoms with van der Waals surface area (Å²) in [6, 6.07) is 14.5. The van der Waals surface area contributed by atoms with E-state index in [1.165, 1.54) is 0 Å². The Morgan fingerprint density at radius 3 is 2.30 bits per heavy atom. The number of carbonyl (C=O) groups excluding carboxylic acids is 1. The summed E-state index contributed by atoms with van der Waals surface area (Å²) in [5.41, 5.74) is 9.92. The maximum atomic E-state index is 13.1. The lowest BCUT2D eigenvalue weighted by atomic mass is 9.98. The third kappa shape index (κ3) is 4.17. The van der Waals surface area contributed by atoms with Gasteiger partial charge in [0, 0.05) is 34.3 Å². The molecule has 1 saturated heterocycles. The van der Waals surface area contributed by atoms with Gasteiger partial charge in [-0.2, -0.15) is 0 Å². The number of furan rings is 1. The fourth-order valence-electron chi connectivity index (χ4n) is 4.18. The Kier molecular flexibility index (Phi) is 5.95. The van der Waals surface area contributed by atoms with Crippen molar-refractivity contribution in [1.29, 1.82) is 0 Å². The number of pyridine rings is 1. The van der Waals surface area contributed by atoms with Gasteiger partial charge in [-0.1, -0.05) is 46.9 Å². The van der Waals surface area contributed by atoms with Gasteiger partial charge in [0.25, 0.3) is 5.91 Å². The molecular weight excluding hydrogens is 481 g/mol. The van der Waals surface area contributed by atoms with Crippen LogP contribution in [0.1, 0.15) is 29.8 Å². The van der Waals surface area contributed by atoms with Crippen LogP contribution in [0.3, 0.4) is 0 Å². The molecule has 5 rings (SSSR count). The maximum Gasteiger partial charge on any atom is 0.291 e. The minimum atomic E-state index is -0.204. The normalized spacial score (nSPS) is 14.1. The van der Waals surface area contributed by atoms with Crippen LogP contribution in [0.2, 0.25) is 15.1 Å². The van der Waals surface area contributed by atoms with Crippen molar-refractivity contribution in [3.8, 4) is 22.4 Å². The van der Waals surface area contributed by atoms with Crippen LogP contribution in [0.15, 0.2) is 52.9 Å². The lowest BCUT2D eigenvalue weighted by molar-refractivity contribution is 0.0695. The molecule has 2 aromatic carbocycles. The van der Waals surface area contributed by atoms with Gasteiger partial charge in [-0.25, -0.2) is 4.98 Å². The van der Waals surface area contributed by atoms with Gasteiger partial charge in [0.1, 0.15) is 0 Å². The number of anilines is 1. The quantitative estimate of drug-likeness (QED) is 0.319. The molecule has 1 amide bonds. The summed E-state index contributed by atoms with van der Waals surface area (Å²) in [5.74, 6) is -0.0786. The van der Waals surface area contributed by atoms with Gasteiger partial charge in [0.05, 0.1) is 21.8 Å². The fraction of sp³-hybridized carbons (Fsp3) is 0.200. The zero-order chi connectivity index (χ0) is 23.1. The van der Waals surface area contributed by atoms with Crippen molar-refractivity contribution in [3.05, 3.63) is 69.4 Å². The molecule has 1 aliphatic heterocycles. The van der Waals surface area contributed by atoms with Gasteiger partial charge in [-0.05, 0) is 61.2 Å².